The third-order valence-corrected chi connectivity index (χ3v) is 5.86. The molecule has 0 aliphatic heterocycles. The van der Waals surface area contributed by atoms with Crippen molar-refractivity contribution in [3.63, 3.8) is 0 Å². The summed E-state index contributed by atoms with van der Waals surface area (Å²) >= 11 is 3.31. The second kappa shape index (κ2) is 9.02. The summed E-state index contributed by atoms with van der Waals surface area (Å²) in [6, 6.07) is 19.8. The number of aryl methyl sites for hydroxylation is 1. The number of carbonyl (C=O) groups excluding carboxylic acids is 1. The Labute approximate surface area is 177 Å². The van der Waals surface area contributed by atoms with Gasteiger partial charge >= 0.3 is 10.1 Å². The number of amides is 1. The van der Waals surface area contributed by atoms with Crippen molar-refractivity contribution in [1.29, 1.82) is 0 Å². The molecular weight excluding hydrogens is 456 g/mol. The van der Waals surface area contributed by atoms with Crippen molar-refractivity contribution in [3.8, 4) is 5.75 Å². The molecule has 1 amide bonds. The van der Waals surface area contributed by atoms with Gasteiger partial charge in [-0.3, -0.25) is 4.79 Å². The van der Waals surface area contributed by atoms with E-state index in [4.69, 9.17) is 4.18 Å². The van der Waals surface area contributed by atoms with E-state index < -0.39 is 16.0 Å². The molecule has 0 saturated carbocycles. The summed E-state index contributed by atoms with van der Waals surface area (Å²) in [5.74, 6) is -0.300. The molecule has 3 rings (SSSR count). The van der Waals surface area contributed by atoms with Crippen LogP contribution in [0.2, 0.25) is 0 Å². The average Bonchev–Trinajstić information content (AvgIpc) is 2.69. The number of hydrazone groups is 1. The molecule has 0 spiro atoms. The molecule has 0 aromatic heterocycles. The second-order valence-electron chi connectivity index (χ2n) is 6.07. The fourth-order valence-electron chi connectivity index (χ4n) is 2.40. The van der Waals surface area contributed by atoms with Crippen LogP contribution in [-0.2, 0) is 10.1 Å². The Hall–Kier alpha value is -2.97. The fraction of sp³-hybridized carbons (Fsp3) is 0.0476. The van der Waals surface area contributed by atoms with Gasteiger partial charge in [-0.1, -0.05) is 42.0 Å². The van der Waals surface area contributed by atoms with Crippen molar-refractivity contribution in [2.75, 3.05) is 0 Å². The number of para-hydroxylation sites is 1. The summed E-state index contributed by atoms with van der Waals surface area (Å²) in [5, 5.41) is 3.91. The number of halogens is 1. The molecule has 0 atom stereocenters. The third kappa shape index (κ3) is 5.30. The van der Waals surface area contributed by atoms with Gasteiger partial charge in [0, 0.05) is 10.0 Å². The summed E-state index contributed by atoms with van der Waals surface area (Å²) in [6.45, 7) is 1.87. The Bertz CT molecular complexity index is 1160. The molecule has 3 aromatic carbocycles. The first-order valence-electron chi connectivity index (χ1n) is 8.55. The van der Waals surface area contributed by atoms with Gasteiger partial charge in [-0.05, 0) is 59.3 Å². The van der Waals surface area contributed by atoms with Gasteiger partial charge in [0.1, 0.15) is 4.90 Å². The maximum Gasteiger partial charge on any atom is 0.339 e. The highest BCUT2D eigenvalue weighted by atomic mass is 79.9. The predicted molar refractivity (Wildman–Crippen MR) is 115 cm³/mol. The molecule has 3 aromatic rings. The van der Waals surface area contributed by atoms with Gasteiger partial charge in [-0.2, -0.15) is 13.5 Å². The molecular formula is C21H17BrN2O4S. The summed E-state index contributed by atoms with van der Waals surface area (Å²) in [4.78, 5) is 12.3. The molecule has 0 radical (unpaired) electrons. The largest absolute Gasteiger partial charge is 0.378 e. The highest BCUT2D eigenvalue weighted by molar-refractivity contribution is 9.10. The van der Waals surface area contributed by atoms with Crippen molar-refractivity contribution in [1.82, 2.24) is 5.43 Å². The lowest BCUT2D eigenvalue weighted by atomic mass is 10.2. The highest BCUT2D eigenvalue weighted by Gasteiger charge is 2.18. The Morgan fingerprint density at radius 3 is 2.38 bits per heavy atom. The van der Waals surface area contributed by atoms with E-state index in [1.807, 2.05) is 6.92 Å². The van der Waals surface area contributed by atoms with Crippen molar-refractivity contribution >= 4 is 38.2 Å². The predicted octanol–water partition coefficient (Wildman–Crippen LogP) is 4.29. The van der Waals surface area contributed by atoms with Crippen LogP contribution < -0.4 is 9.61 Å². The highest BCUT2D eigenvalue weighted by Crippen LogP contribution is 2.22. The molecule has 0 aliphatic rings. The van der Waals surface area contributed by atoms with Gasteiger partial charge in [-0.25, -0.2) is 5.43 Å². The van der Waals surface area contributed by atoms with Crippen LogP contribution in [0, 0.1) is 6.92 Å². The lowest BCUT2D eigenvalue weighted by Gasteiger charge is -2.09. The lowest BCUT2D eigenvalue weighted by Crippen LogP contribution is -2.18. The normalized spacial score (nSPS) is 11.4. The van der Waals surface area contributed by atoms with E-state index in [1.54, 1.807) is 54.6 Å². The Morgan fingerprint density at radius 1 is 1.00 bits per heavy atom. The number of carbonyl (C=O) groups is 1. The van der Waals surface area contributed by atoms with Crippen molar-refractivity contribution in [3.05, 3.63) is 94.0 Å². The lowest BCUT2D eigenvalue weighted by molar-refractivity contribution is 0.0954. The number of hydrogen-bond acceptors (Lipinski definition) is 5. The standard InChI is InChI=1S/C21H17BrN2O4S/c1-15-10-12-17(13-11-15)29(26,27)28-20-9-5-2-6-16(20)14-23-24-21(25)18-7-3-4-8-19(18)22/h2-14H,1H3,(H,24,25). The SMILES string of the molecule is Cc1ccc(S(=O)(=O)Oc2ccccc2C=NNC(=O)c2ccccc2Br)cc1. The molecule has 0 bridgehead atoms. The summed E-state index contributed by atoms with van der Waals surface area (Å²) in [7, 11) is -4.00. The molecule has 0 aliphatic carbocycles. The van der Waals surface area contributed by atoms with E-state index in [9.17, 15) is 13.2 Å². The van der Waals surface area contributed by atoms with Crippen LogP contribution in [0.5, 0.6) is 5.75 Å². The van der Waals surface area contributed by atoms with E-state index in [-0.39, 0.29) is 10.6 Å². The topological polar surface area (TPSA) is 84.8 Å². The van der Waals surface area contributed by atoms with E-state index in [2.05, 4.69) is 26.5 Å². The summed E-state index contributed by atoms with van der Waals surface area (Å²) < 4.78 is 31.0. The van der Waals surface area contributed by atoms with Crippen LogP contribution in [0.1, 0.15) is 21.5 Å². The van der Waals surface area contributed by atoms with Crippen molar-refractivity contribution in [2.24, 2.45) is 5.10 Å². The average molecular weight is 473 g/mol. The third-order valence-electron chi connectivity index (χ3n) is 3.92. The zero-order chi connectivity index (χ0) is 20.9. The maximum atomic E-state index is 12.5. The molecule has 1 N–H and O–H groups in total. The van der Waals surface area contributed by atoms with Crippen LogP contribution in [0.15, 0.2) is 87.3 Å². The quantitative estimate of drug-likeness (QED) is 0.329. The number of rotatable bonds is 6. The monoisotopic (exact) mass is 472 g/mol. The minimum Gasteiger partial charge on any atom is -0.378 e. The van der Waals surface area contributed by atoms with E-state index >= 15 is 0 Å². The Morgan fingerprint density at radius 2 is 1.66 bits per heavy atom. The molecule has 0 saturated heterocycles. The van der Waals surface area contributed by atoms with Crippen molar-refractivity contribution < 1.29 is 17.4 Å². The van der Waals surface area contributed by atoms with Gasteiger partial charge < -0.3 is 4.18 Å². The minimum atomic E-state index is -4.00. The zero-order valence-electron chi connectivity index (χ0n) is 15.4. The molecule has 148 valence electrons. The number of nitrogens with zero attached hydrogens (tertiary/aromatic N) is 1. The zero-order valence-corrected chi connectivity index (χ0v) is 17.8. The number of benzene rings is 3. The fourth-order valence-corrected chi connectivity index (χ4v) is 3.82. The summed E-state index contributed by atoms with van der Waals surface area (Å²) in [6.07, 6.45) is 1.33. The van der Waals surface area contributed by atoms with Gasteiger partial charge in [0.05, 0.1) is 11.8 Å². The molecule has 0 unspecified atom stereocenters. The van der Waals surface area contributed by atoms with Crippen LogP contribution in [0.25, 0.3) is 0 Å². The van der Waals surface area contributed by atoms with E-state index in [0.29, 0.717) is 15.6 Å². The molecule has 0 heterocycles. The van der Waals surface area contributed by atoms with Crippen LogP contribution in [-0.4, -0.2) is 20.5 Å². The molecule has 8 heteroatoms. The Balaban J connectivity index is 1.77. The van der Waals surface area contributed by atoms with Gasteiger partial charge in [-0.15, -0.1) is 0 Å². The second-order valence-corrected chi connectivity index (χ2v) is 8.47. The molecule has 29 heavy (non-hydrogen) atoms. The van der Waals surface area contributed by atoms with Gasteiger partial charge in [0.2, 0.25) is 0 Å². The Kier molecular flexibility index (Phi) is 6.46. The summed E-state index contributed by atoms with van der Waals surface area (Å²) in [5.41, 5.74) is 4.18. The first kappa shape index (κ1) is 20.8. The van der Waals surface area contributed by atoms with Gasteiger partial charge in [0.25, 0.3) is 5.91 Å². The van der Waals surface area contributed by atoms with Crippen molar-refractivity contribution in [2.45, 2.75) is 11.8 Å². The maximum absolute atomic E-state index is 12.5. The first-order valence-corrected chi connectivity index (χ1v) is 10.7. The number of nitrogens with one attached hydrogen (secondary N) is 1. The van der Waals surface area contributed by atoms with Gasteiger partial charge in [0.15, 0.2) is 5.75 Å². The molecule has 6 nitrogen and oxygen atoms in total. The first-order chi connectivity index (χ1) is 13.9. The number of hydrogen-bond donors (Lipinski definition) is 1. The van der Waals surface area contributed by atoms with E-state index in [1.165, 1.54) is 24.4 Å². The smallest absolute Gasteiger partial charge is 0.339 e. The van der Waals surface area contributed by atoms with Crippen LogP contribution in [0.3, 0.4) is 0 Å². The minimum absolute atomic E-state index is 0.0528. The molecule has 0 fully saturated rings. The van der Waals surface area contributed by atoms with E-state index in [0.717, 1.165) is 5.56 Å². The van der Waals surface area contributed by atoms with Crippen LogP contribution >= 0.6 is 15.9 Å². The van der Waals surface area contributed by atoms with Crippen LogP contribution in [0.4, 0.5) is 0 Å².